The van der Waals surface area contributed by atoms with Crippen molar-refractivity contribution in [2.24, 2.45) is 4.99 Å². The number of hydrogen-bond donors (Lipinski definition) is 2. The van der Waals surface area contributed by atoms with Gasteiger partial charge in [0.15, 0.2) is 5.96 Å². The van der Waals surface area contributed by atoms with E-state index in [4.69, 9.17) is 9.47 Å². The summed E-state index contributed by atoms with van der Waals surface area (Å²) in [6, 6.07) is 8.85. The Balaban J connectivity index is 1.72. The molecule has 0 aromatic heterocycles. The molecule has 1 aliphatic heterocycles. The number of carbonyl (C=O) groups is 1. The van der Waals surface area contributed by atoms with Crippen LogP contribution in [-0.2, 0) is 9.53 Å². The quantitative estimate of drug-likeness (QED) is 0.471. The van der Waals surface area contributed by atoms with Crippen LogP contribution in [0.5, 0.6) is 5.75 Å². The lowest BCUT2D eigenvalue weighted by Crippen LogP contribution is -2.49. The molecule has 2 N–H and O–H groups in total. The van der Waals surface area contributed by atoms with Gasteiger partial charge in [0.2, 0.25) is 5.91 Å². The van der Waals surface area contributed by atoms with Crippen LogP contribution in [0.25, 0.3) is 0 Å². The molecule has 0 radical (unpaired) electrons. The third-order valence-electron chi connectivity index (χ3n) is 6.27. The van der Waals surface area contributed by atoms with Crippen molar-refractivity contribution in [3.8, 4) is 5.75 Å². The highest BCUT2D eigenvalue weighted by molar-refractivity contribution is 5.85. The van der Waals surface area contributed by atoms with Gasteiger partial charge in [0, 0.05) is 39.8 Å². The van der Waals surface area contributed by atoms with Crippen LogP contribution < -0.4 is 15.4 Å². The molecule has 1 aromatic rings. The van der Waals surface area contributed by atoms with Gasteiger partial charge in [-0.1, -0.05) is 31.4 Å². The maximum Gasteiger partial charge on any atom is 0.243 e. The van der Waals surface area contributed by atoms with Gasteiger partial charge in [-0.05, 0) is 30.5 Å². The van der Waals surface area contributed by atoms with Gasteiger partial charge < -0.3 is 25.0 Å². The fourth-order valence-corrected chi connectivity index (χ4v) is 4.25. The summed E-state index contributed by atoms with van der Waals surface area (Å²) in [6.45, 7) is 4.09. The van der Waals surface area contributed by atoms with Crippen molar-refractivity contribution >= 4 is 11.9 Å². The number of amides is 1. The van der Waals surface area contributed by atoms with E-state index < -0.39 is 0 Å². The lowest BCUT2D eigenvalue weighted by molar-refractivity contribution is -0.127. The Hall–Kier alpha value is -2.32. The van der Waals surface area contributed by atoms with E-state index in [1.54, 1.807) is 26.1 Å². The molecular formula is C24H39N5O3. The fourth-order valence-electron chi connectivity index (χ4n) is 4.25. The number of carbonyl (C=O) groups excluding carboxylic acids is 1. The van der Waals surface area contributed by atoms with E-state index >= 15 is 0 Å². The van der Waals surface area contributed by atoms with E-state index in [1.807, 2.05) is 12.1 Å². The Morgan fingerprint density at radius 2 is 1.88 bits per heavy atom. The van der Waals surface area contributed by atoms with E-state index in [2.05, 4.69) is 32.7 Å². The molecule has 8 heteroatoms. The second-order valence-corrected chi connectivity index (χ2v) is 8.75. The lowest BCUT2D eigenvalue weighted by Gasteiger charge is -2.35. The molecule has 3 rings (SSSR count). The van der Waals surface area contributed by atoms with Crippen molar-refractivity contribution in [2.45, 2.75) is 44.2 Å². The predicted octanol–water partition coefficient (Wildman–Crippen LogP) is 2.02. The second-order valence-electron chi connectivity index (χ2n) is 8.75. The van der Waals surface area contributed by atoms with Crippen molar-refractivity contribution in [3.05, 3.63) is 29.8 Å². The molecule has 0 spiro atoms. The SMILES string of the molecule is COc1ccc(C(CNC(=NCC(=O)N(C)C)NC2CCCCC2)N2CCOCC2)cc1. The van der Waals surface area contributed by atoms with Crippen molar-refractivity contribution in [2.75, 3.05) is 60.6 Å². The lowest BCUT2D eigenvalue weighted by atomic mass is 9.96. The summed E-state index contributed by atoms with van der Waals surface area (Å²) in [5, 5.41) is 7.12. The molecule has 32 heavy (non-hydrogen) atoms. The van der Waals surface area contributed by atoms with Crippen molar-refractivity contribution in [1.82, 2.24) is 20.4 Å². The number of benzene rings is 1. The third kappa shape index (κ3) is 7.38. The number of methoxy groups -OCH3 is 1. The van der Waals surface area contributed by atoms with Crippen molar-refractivity contribution in [1.29, 1.82) is 0 Å². The molecule has 1 amide bonds. The zero-order valence-electron chi connectivity index (χ0n) is 19.8. The number of nitrogens with one attached hydrogen (secondary N) is 2. The molecule has 1 aromatic carbocycles. The molecule has 0 bridgehead atoms. The van der Waals surface area contributed by atoms with Gasteiger partial charge in [-0.25, -0.2) is 4.99 Å². The smallest absolute Gasteiger partial charge is 0.243 e. The average molecular weight is 446 g/mol. The fraction of sp³-hybridized carbons (Fsp3) is 0.667. The Kier molecular flexibility index (Phi) is 9.62. The van der Waals surface area contributed by atoms with E-state index in [0.29, 0.717) is 12.6 Å². The van der Waals surface area contributed by atoms with Crippen LogP contribution in [-0.4, -0.2) is 88.3 Å². The second kappa shape index (κ2) is 12.6. The Labute approximate surface area is 192 Å². The molecule has 8 nitrogen and oxygen atoms in total. The summed E-state index contributed by atoms with van der Waals surface area (Å²) in [5.41, 5.74) is 1.22. The molecule has 2 fully saturated rings. The molecule has 1 unspecified atom stereocenters. The van der Waals surface area contributed by atoms with Crippen LogP contribution in [0.3, 0.4) is 0 Å². The number of ether oxygens (including phenoxy) is 2. The third-order valence-corrected chi connectivity index (χ3v) is 6.27. The molecule has 2 aliphatic rings. The Bertz CT molecular complexity index is 726. The summed E-state index contributed by atoms with van der Waals surface area (Å²) < 4.78 is 10.9. The highest BCUT2D eigenvalue weighted by atomic mass is 16.5. The highest BCUT2D eigenvalue weighted by Crippen LogP contribution is 2.24. The summed E-state index contributed by atoms with van der Waals surface area (Å²) in [4.78, 5) is 20.8. The van der Waals surface area contributed by atoms with Crippen LogP contribution >= 0.6 is 0 Å². The molecule has 1 saturated carbocycles. The number of guanidine groups is 1. The van der Waals surface area contributed by atoms with E-state index in [-0.39, 0.29) is 18.5 Å². The minimum atomic E-state index is -0.00497. The highest BCUT2D eigenvalue weighted by Gasteiger charge is 2.24. The zero-order chi connectivity index (χ0) is 22.8. The van der Waals surface area contributed by atoms with Gasteiger partial charge in [0.05, 0.1) is 26.4 Å². The first-order chi connectivity index (χ1) is 15.6. The average Bonchev–Trinajstić information content (AvgIpc) is 2.84. The normalized spacial score (nSPS) is 19.3. The minimum absolute atomic E-state index is 0.00497. The van der Waals surface area contributed by atoms with Crippen LogP contribution in [0.2, 0.25) is 0 Å². The number of hydrogen-bond acceptors (Lipinski definition) is 5. The molecular weight excluding hydrogens is 406 g/mol. The van der Waals surface area contributed by atoms with Gasteiger partial charge in [0.1, 0.15) is 12.3 Å². The van der Waals surface area contributed by atoms with E-state index in [1.165, 1.54) is 24.8 Å². The topological polar surface area (TPSA) is 78.4 Å². The van der Waals surface area contributed by atoms with Crippen LogP contribution in [0, 0.1) is 0 Å². The first kappa shape index (κ1) is 24.3. The van der Waals surface area contributed by atoms with E-state index in [9.17, 15) is 4.79 Å². The maximum absolute atomic E-state index is 12.1. The minimum Gasteiger partial charge on any atom is -0.497 e. The van der Waals surface area contributed by atoms with Crippen LogP contribution in [0.15, 0.2) is 29.3 Å². The Morgan fingerprint density at radius 3 is 2.50 bits per heavy atom. The number of rotatable bonds is 8. The first-order valence-corrected chi connectivity index (χ1v) is 11.8. The number of likely N-dealkylation sites (N-methyl/N-ethyl adjacent to an activating group) is 1. The summed E-state index contributed by atoms with van der Waals surface area (Å²) in [7, 11) is 5.21. The van der Waals surface area contributed by atoms with Crippen LogP contribution in [0.4, 0.5) is 0 Å². The molecule has 178 valence electrons. The molecule has 1 saturated heterocycles. The Morgan fingerprint density at radius 1 is 1.19 bits per heavy atom. The largest absolute Gasteiger partial charge is 0.497 e. The summed E-state index contributed by atoms with van der Waals surface area (Å²) in [5.74, 6) is 1.57. The molecule has 1 heterocycles. The first-order valence-electron chi connectivity index (χ1n) is 11.8. The summed E-state index contributed by atoms with van der Waals surface area (Å²) >= 11 is 0. The molecule has 1 atom stereocenters. The van der Waals surface area contributed by atoms with Gasteiger partial charge >= 0.3 is 0 Å². The van der Waals surface area contributed by atoms with E-state index in [0.717, 1.165) is 50.9 Å². The van der Waals surface area contributed by atoms with Gasteiger partial charge in [-0.3, -0.25) is 9.69 Å². The summed E-state index contributed by atoms with van der Waals surface area (Å²) in [6.07, 6.45) is 6.07. The van der Waals surface area contributed by atoms with Crippen LogP contribution in [0.1, 0.15) is 43.7 Å². The predicted molar refractivity (Wildman–Crippen MR) is 127 cm³/mol. The number of aliphatic imine (C=N–C) groups is 1. The monoisotopic (exact) mass is 445 g/mol. The zero-order valence-corrected chi connectivity index (χ0v) is 19.8. The number of nitrogens with zero attached hydrogens (tertiary/aromatic N) is 3. The van der Waals surface area contributed by atoms with Crippen molar-refractivity contribution < 1.29 is 14.3 Å². The maximum atomic E-state index is 12.1. The number of morpholine rings is 1. The standard InChI is InChI=1S/C24H39N5O3/c1-28(2)23(30)18-26-24(27-20-7-5-4-6-8-20)25-17-22(29-13-15-32-16-14-29)19-9-11-21(31-3)12-10-19/h9-12,20,22H,4-8,13-18H2,1-3H3,(H2,25,26,27). The van der Waals surface area contributed by atoms with Gasteiger partial charge in [-0.2, -0.15) is 0 Å². The van der Waals surface area contributed by atoms with Crippen molar-refractivity contribution in [3.63, 3.8) is 0 Å². The van der Waals surface area contributed by atoms with Gasteiger partial charge in [-0.15, -0.1) is 0 Å². The molecule has 1 aliphatic carbocycles. The van der Waals surface area contributed by atoms with Gasteiger partial charge in [0.25, 0.3) is 0 Å².